The van der Waals surface area contributed by atoms with Gasteiger partial charge in [0, 0.05) is 61.6 Å². The number of H-pyrrole nitrogens is 1. The molecule has 0 bridgehead atoms. The number of pyridine rings is 1. The lowest BCUT2D eigenvalue weighted by Gasteiger charge is -2.32. The molecule has 1 aliphatic heterocycles. The molecule has 0 unspecified atom stereocenters. The molecule has 1 saturated heterocycles. The summed E-state index contributed by atoms with van der Waals surface area (Å²) >= 11 is 0. The first-order chi connectivity index (χ1) is 17.4. The van der Waals surface area contributed by atoms with Crippen LogP contribution in [0.15, 0.2) is 60.8 Å². The van der Waals surface area contributed by atoms with Gasteiger partial charge >= 0.3 is 0 Å². The van der Waals surface area contributed by atoms with Crippen LogP contribution >= 0.6 is 0 Å². The van der Waals surface area contributed by atoms with Crippen LogP contribution in [0, 0.1) is 13.8 Å². The van der Waals surface area contributed by atoms with Crippen molar-refractivity contribution in [3.8, 4) is 0 Å². The number of carbonyl (C=O) groups excluding carboxylic acids is 1. The Morgan fingerprint density at radius 3 is 2.53 bits per heavy atom. The van der Waals surface area contributed by atoms with Gasteiger partial charge in [-0.1, -0.05) is 18.2 Å². The Bertz CT molecular complexity index is 1350. The van der Waals surface area contributed by atoms with Gasteiger partial charge < -0.3 is 20.5 Å². The second kappa shape index (κ2) is 10.5. The molecular formula is C29H34N6O. The smallest absolute Gasteiger partial charge is 0.255 e. The molecule has 0 aliphatic carbocycles. The van der Waals surface area contributed by atoms with Gasteiger partial charge in [-0.3, -0.25) is 9.69 Å². The number of aromatic amines is 1. The Hall–Kier alpha value is -3.68. The highest BCUT2D eigenvalue weighted by atomic mass is 16.1. The molecule has 0 spiro atoms. The van der Waals surface area contributed by atoms with Crippen LogP contribution in [0.25, 0.3) is 11.0 Å². The van der Waals surface area contributed by atoms with E-state index in [4.69, 9.17) is 0 Å². The second-order valence-corrected chi connectivity index (χ2v) is 9.84. The van der Waals surface area contributed by atoms with Gasteiger partial charge in [-0.2, -0.15) is 0 Å². The van der Waals surface area contributed by atoms with Crippen LogP contribution in [-0.4, -0.2) is 58.9 Å². The first kappa shape index (κ1) is 24.0. The third-order valence-electron chi connectivity index (χ3n) is 6.91. The molecule has 3 N–H and O–H groups in total. The lowest BCUT2D eigenvalue weighted by molar-refractivity contribution is 0.102. The molecule has 1 amide bonds. The molecule has 7 heteroatoms. The monoisotopic (exact) mass is 482 g/mol. The lowest BCUT2D eigenvalue weighted by Crippen LogP contribution is -2.43. The van der Waals surface area contributed by atoms with Crippen LogP contribution in [0.4, 0.5) is 11.4 Å². The maximum atomic E-state index is 12.9. The van der Waals surface area contributed by atoms with E-state index in [0.29, 0.717) is 12.1 Å². The van der Waals surface area contributed by atoms with Crippen LogP contribution in [0.1, 0.15) is 32.7 Å². The molecule has 0 radical (unpaired) electrons. The number of carbonyl (C=O) groups is 1. The van der Waals surface area contributed by atoms with Crippen molar-refractivity contribution in [1.82, 2.24) is 19.8 Å². The van der Waals surface area contributed by atoms with E-state index in [1.165, 1.54) is 11.1 Å². The molecule has 2 aromatic heterocycles. The number of fused-ring (bicyclic) bond motifs is 1. The number of hydrogen-bond acceptors (Lipinski definition) is 5. The van der Waals surface area contributed by atoms with Gasteiger partial charge in [-0.25, -0.2) is 4.98 Å². The fourth-order valence-corrected chi connectivity index (χ4v) is 4.61. The van der Waals surface area contributed by atoms with Crippen molar-refractivity contribution >= 4 is 28.3 Å². The van der Waals surface area contributed by atoms with Crippen LogP contribution in [0.5, 0.6) is 0 Å². The molecule has 0 atom stereocenters. The molecule has 36 heavy (non-hydrogen) atoms. The maximum Gasteiger partial charge on any atom is 0.255 e. The number of nitrogens with zero attached hydrogens (tertiary/aromatic N) is 3. The quantitative estimate of drug-likeness (QED) is 0.353. The van der Waals surface area contributed by atoms with E-state index < -0.39 is 0 Å². The Kier molecular flexibility index (Phi) is 7.02. The number of anilines is 2. The standard InChI is InChI=1S/C29H34N6O/c1-20-4-9-26(16-25(20)17-30-27-15-24-14-21(2)32-28(24)31-18-27)33-29(36)23-7-5-22(6-8-23)19-35-12-10-34(3)11-13-35/h4-9,14-16,18,30H,10-13,17,19H2,1-3H3,(H,31,32)(H,33,36). The van der Waals surface area contributed by atoms with Crippen molar-refractivity contribution in [2.24, 2.45) is 0 Å². The Balaban J connectivity index is 1.19. The number of aryl methyl sites for hydroxylation is 2. The highest BCUT2D eigenvalue weighted by Crippen LogP contribution is 2.21. The summed E-state index contributed by atoms with van der Waals surface area (Å²) < 4.78 is 0. The van der Waals surface area contributed by atoms with E-state index in [-0.39, 0.29) is 5.91 Å². The minimum Gasteiger partial charge on any atom is -0.380 e. The Morgan fingerprint density at radius 2 is 1.75 bits per heavy atom. The predicted octanol–water partition coefficient (Wildman–Crippen LogP) is 4.79. The number of piperazine rings is 1. The summed E-state index contributed by atoms with van der Waals surface area (Å²) in [7, 11) is 2.17. The van der Waals surface area contributed by atoms with Crippen LogP contribution < -0.4 is 10.6 Å². The van der Waals surface area contributed by atoms with Crippen molar-refractivity contribution in [3.63, 3.8) is 0 Å². The van der Waals surface area contributed by atoms with Crippen LogP contribution in [0.3, 0.4) is 0 Å². The van der Waals surface area contributed by atoms with Gasteiger partial charge in [-0.15, -0.1) is 0 Å². The van der Waals surface area contributed by atoms with Crippen molar-refractivity contribution in [2.75, 3.05) is 43.9 Å². The van der Waals surface area contributed by atoms with Crippen molar-refractivity contribution in [2.45, 2.75) is 26.9 Å². The van der Waals surface area contributed by atoms with Crippen LogP contribution in [-0.2, 0) is 13.1 Å². The fraction of sp³-hybridized carbons (Fsp3) is 0.310. The first-order valence-corrected chi connectivity index (χ1v) is 12.5. The van der Waals surface area contributed by atoms with Gasteiger partial charge in [0.1, 0.15) is 5.65 Å². The summed E-state index contributed by atoms with van der Waals surface area (Å²) in [6.07, 6.45) is 1.84. The fourth-order valence-electron chi connectivity index (χ4n) is 4.61. The van der Waals surface area contributed by atoms with Gasteiger partial charge in [0.25, 0.3) is 5.91 Å². The number of rotatable bonds is 7. The Labute approximate surface area is 212 Å². The van der Waals surface area contributed by atoms with E-state index in [1.807, 2.05) is 43.5 Å². The summed E-state index contributed by atoms with van der Waals surface area (Å²) in [5.74, 6) is -0.0959. The van der Waals surface area contributed by atoms with Crippen molar-refractivity contribution in [3.05, 3.63) is 88.7 Å². The SMILES string of the molecule is Cc1cc2cc(NCc3cc(NC(=O)c4ccc(CN5CCN(C)CC5)cc4)ccc3C)cnc2[nH]1. The zero-order valence-electron chi connectivity index (χ0n) is 21.3. The molecule has 0 saturated carbocycles. The number of benzene rings is 2. The number of amides is 1. The average Bonchev–Trinajstić information content (AvgIpc) is 3.25. The summed E-state index contributed by atoms with van der Waals surface area (Å²) in [5, 5.41) is 7.61. The molecule has 7 nitrogen and oxygen atoms in total. The summed E-state index contributed by atoms with van der Waals surface area (Å²) in [5.41, 5.74) is 7.94. The lowest BCUT2D eigenvalue weighted by atomic mass is 10.1. The average molecular weight is 483 g/mol. The summed E-state index contributed by atoms with van der Waals surface area (Å²) in [6.45, 7) is 10.1. The van der Waals surface area contributed by atoms with Crippen molar-refractivity contribution < 1.29 is 4.79 Å². The number of likely N-dealkylation sites (N-methyl/N-ethyl adjacent to an activating group) is 1. The van der Waals surface area contributed by atoms with E-state index in [2.05, 4.69) is 68.6 Å². The molecule has 1 fully saturated rings. The summed E-state index contributed by atoms with van der Waals surface area (Å²) in [6, 6.07) is 18.2. The molecule has 2 aromatic carbocycles. The molecular weight excluding hydrogens is 448 g/mol. The van der Waals surface area contributed by atoms with Crippen LogP contribution in [0.2, 0.25) is 0 Å². The summed E-state index contributed by atoms with van der Waals surface area (Å²) in [4.78, 5) is 25.5. The second-order valence-electron chi connectivity index (χ2n) is 9.84. The minimum absolute atomic E-state index is 0.0959. The zero-order chi connectivity index (χ0) is 25.1. The number of nitrogens with one attached hydrogen (secondary N) is 3. The van der Waals surface area contributed by atoms with Gasteiger partial charge in [-0.05, 0) is 74.0 Å². The highest BCUT2D eigenvalue weighted by molar-refractivity contribution is 6.04. The third-order valence-corrected chi connectivity index (χ3v) is 6.91. The van der Waals surface area contributed by atoms with E-state index in [9.17, 15) is 4.79 Å². The molecule has 1 aliphatic rings. The molecule has 3 heterocycles. The molecule has 186 valence electrons. The highest BCUT2D eigenvalue weighted by Gasteiger charge is 2.14. The van der Waals surface area contributed by atoms with Gasteiger partial charge in [0.15, 0.2) is 0 Å². The van der Waals surface area contributed by atoms with E-state index in [0.717, 1.165) is 66.4 Å². The third kappa shape index (κ3) is 5.75. The maximum absolute atomic E-state index is 12.9. The normalized spacial score (nSPS) is 14.8. The van der Waals surface area contributed by atoms with E-state index >= 15 is 0 Å². The predicted molar refractivity (Wildman–Crippen MR) is 147 cm³/mol. The van der Waals surface area contributed by atoms with E-state index in [1.54, 1.807) is 0 Å². The minimum atomic E-state index is -0.0959. The zero-order valence-corrected chi connectivity index (χ0v) is 21.3. The molecule has 4 aromatic rings. The Morgan fingerprint density at radius 1 is 0.972 bits per heavy atom. The van der Waals surface area contributed by atoms with Gasteiger partial charge in [0.2, 0.25) is 0 Å². The largest absolute Gasteiger partial charge is 0.380 e. The first-order valence-electron chi connectivity index (χ1n) is 12.5. The topological polar surface area (TPSA) is 76.3 Å². The number of aromatic nitrogens is 2. The molecule has 5 rings (SSSR count). The van der Waals surface area contributed by atoms with Crippen molar-refractivity contribution in [1.29, 1.82) is 0 Å². The number of hydrogen-bond donors (Lipinski definition) is 3. The van der Waals surface area contributed by atoms with Gasteiger partial charge in [0.05, 0.1) is 11.9 Å².